The Morgan fingerprint density at radius 3 is 2.56 bits per heavy atom. The van der Waals surface area contributed by atoms with E-state index in [2.05, 4.69) is 53.6 Å². The molecule has 0 aliphatic carbocycles. The summed E-state index contributed by atoms with van der Waals surface area (Å²) in [7, 11) is 0. The van der Waals surface area contributed by atoms with Gasteiger partial charge in [-0.1, -0.05) is 31.2 Å². The Labute approximate surface area is 193 Å². The van der Waals surface area contributed by atoms with Gasteiger partial charge in [-0.05, 0) is 63.1 Å². The number of benzene rings is 1. The molecule has 0 spiro atoms. The van der Waals surface area contributed by atoms with Crippen LogP contribution in [-0.4, -0.2) is 67.2 Å². The number of rotatable bonds is 7. The van der Waals surface area contributed by atoms with Gasteiger partial charge >= 0.3 is 6.09 Å². The number of likely N-dealkylation sites (tertiary alicyclic amines) is 2. The SMILES string of the molecule is CCNC(=NCc1ccccc1CN1CCCC(C)C1)NC1CCN(C(=O)OCC)CC1. The van der Waals surface area contributed by atoms with Crippen molar-refractivity contribution in [3.8, 4) is 0 Å². The summed E-state index contributed by atoms with van der Waals surface area (Å²) in [4.78, 5) is 21.2. The molecule has 0 bridgehead atoms. The Morgan fingerprint density at radius 2 is 1.88 bits per heavy atom. The van der Waals surface area contributed by atoms with Crippen LogP contribution >= 0.6 is 0 Å². The second-order valence-electron chi connectivity index (χ2n) is 9.05. The number of ether oxygens (including phenoxy) is 1. The van der Waals surface area contributed by atoms with Crippen molar-refractivity contribution < 1.29 is 9.53 Å². The molecule has 7 nitrogen and oxygen atoms in total. The lowest BCUT2D eigenvalue weighted by molar-refractivity contribution is 0.0963. The summed E-state index contributed by atoms with van der Waals surface area (Å²) >= 11 is 0. The zero-order valence-electron chi connectivity index (χ0n) is 20.1. The summed E-state index contributed by atoms with van der Waals surface area (Å²) in [5.41, 5.74) is 2.67. The molecule has 0 aromatic heterocycles. The predicted molar refractivity (Wildman–Crippen MR) is 130 cm³/mol. The molecule has 1 unspecified atom stereocenters. The van der Waals surface area contributed by atoms with Crippen LogP contribution in [0.5, 0.6) is 0 Å². The van der Waals surface area contributed by atoms with Crippen molar-refractivity contribution in [2.45, 2.75) is 65.6 Å². The molecule has 1 amide bonds. The summed E-state index contributed by atoms with van der Waals surface area (Å²) < 4.78 is 5.12. The van der Waals surface area contributed by atoms with E-state index in [9.17, 15) is 4.79 Å². The van der Waals surface area contributed by atoms with Gasteiger partial charge in [0, 0.05) is 38.8 Å². The van der Waals surface area contributed by atoms with E-state index in [1.807, 2.05) is 6.92 Å². The zero-order valence-corrected chi connectivity index (χ0v) is 20.1. The first-order chi connectivity index (χ1) is 15.6. The maximum Gasteiger partial charge on any atom is 0.409 e. The van der Waals surface area contributed by atoms with Crippen LogP contribution in [0, 0.1) is 5.92 Å². The molecule has 2 aliphatic rings. The van der Waals surface area contributed by atoms with Crippen molar-refractivity contribution in [2.75, 3.05) is 39.3 Å². The number of nitrogens with one attached hydrogen (secondary N) is 2. The monoisotopic (exact) mass is 443 g/mol. The van der Waals surface area contributed by atoms with Crippen molar-refractivity contribution in [1.29, 1.82) is 0 Å². The molecular formula is C25H41N5O2. The van der Waals surface area contributed by atoms with Crippen LogP contribution in [-0.2, 0) is 17.8 Å². The summed E-state index contributed by atoms with van der Waals surface area (Å²) in [6.45, 7) is 13.0. The van der Waals surface area contributed by atoms with E-state index in [1.165, 1.54) is 37.1 Å². The lowest BCUT2D eigenvalue weighted by Gasteiger charge is -2.32. The van der Waals surface area contributed by atoms with Crippen molar-refractivity contribution in [2.24, 2.45) is 10.9 Å². The molecule has 2 aliphatic heterocycles. The van der Waals surface area contributed by atoms with Crippen LogP contribution in [0.15, 0.2) is 29.3 Å². The first kappa shape index (κ1) is 24.4. The number of carbonyl (C=O) groups is 1. The van der Waals surface area contributed by atoms with Crippen LogP contribution in [0.1, 0.15) is 57.6 Å². The number of hydrogen-bond donors (Lipinski definition) is 2. The molecule has 0 saturated carbocycles. The molecule has 1 aromatic carbocycles. The van der Waals surface area contributed by atoms with E-state index < -0.39 is 0 Å². The van der Waals surface area contributed by atoms with E-state index in [1.54, 1.807) is 4.90 Å². The van der Waals surface area contributed by atoms with E-state index >= 15 is 0 Å². The smallest absolute Gasteiger partial charge is 0.409 e. The van der Waals surface area contributed by atoms with Crippen LogP contribution in [0.3, 0.4) is 0 Å². The molecule has 1 atom stereocenters. The van der Waals surface area contributed by atoms with Gasteiger partial charge in [0.25, 0.3) is 0 Å². The fourth-order valence-corrected chi connectivity index (χ4v) is 4.64. The summed E-state index contributed by atoms with van der Waals surface area (Å²) in [6, 6.07) is 9.00. The highest BCUT2D eigenvalue weighted by Crippen LogP contribution is 2.20. The van der Waals surface area contributed by atoms with Crippen molar-refractivity contribution in [1.82, 2.24) is 20.4 Å². The topological polar surface area (TPSA) is 69.2 Å². The highest BCUT2D eigenvalue weighted by molar-refractivity contribution is 5.80. The lowest BCUT2D eigenvalue weighted by Crippen LogP contribution is -2.49. The minimum atomic E-state index is -0.203. The third-order valence-corrected chi connectivity index (χ3v) is 6.37. The first-order valence-corrected chi connectivity index (χ1v) is 12.3. The second kappa shape index (κ2) is 12.7. The van der Waals surface area contributed by atoms with Gasteiger partial charge in [0.1, 0.15) is 0 Å². The number of aliphatic imine (C=N–C) groups is 1. The fourth-order valence-electron chi connectivity index (χ4n) is 4.64. The van der Waals surface area contributed by atoms with Gasteiger partial charge in [0.15, 0.2) is 5.96 Å². The molecule has 0 radical (unpaired) electrons. The third kappa shape index (κ3) is 7.40. The number of guanidine groups is 1. The third-order valence-electron chi connectivity index (χ3n) is 6.37. The Bertz CT molecular complexity index is 746. The van der Waals surface area contributed by atoms with Gasteiger partial charge in [0.2, 0.25) is 0 Å². The normalized spacial score (nSPS) is 20.8. The maximum atomic E-state index is 11.9. The van der Waals surface area contributed by atoms with Crippen molar-refractivity contribution in [3.05, 3.63) is 35.4 Å². The fraction of sp³-hybridized carbons (Fsp3) is 0.680. The van der Waals surface area contributed by atoms with Gasteiger partial charge in [-0.15, -0.1) is 0 Å². The zero-order chi connectivity index (χ0) is 22.8. The van der Waals surface area contributed by atoms with Gasteiger partial charge in [-0.25, -0.2) is 9.79 Å². The van der Waals surface area contributed by atoms with Crippen LogP contribution in [0.2, 0.25) is 0 Å². The molecule has 2 fully saturated rings. The minimum Gasteiger partial charge on any atom is -0.450 e. The van der Waals surface area contributed by atoms with Crippen LogP contribution < -0.4 is 10.6 Å². The Hall–Kier alpha value is -2.28. The maximum absolute atomic E-state index is 11.9. The summed E-state index contributed by atoms with van der Waals surface area (Å²) in [5.74, 6) is 1.64. The number of carbonyl (C=O) groups excluding carboxylic acids is 1. The Kier molecular flexibility index (Phi) is 9.65. The molecular weight excluding hydrogens is 402 g/mol. The molecule has 2 N–H and O–H groups in total. The van der Waals surface area contributed by atoms with Crippen LogP contribution in [0.25, 0.3) is 0 Å². The van der Waals surface area contributed by atoms with Gasteiger partial charge in [0.05, 0.1) is 13.2 Å². The van der Waals surface area contributed by atoms with E-state index in [0.717, 1.165) is 37.8 Å². The lowest BCUT2D eigenvalue weighted by atomic mass is 9.99. The molecule has 32 heavy (non-hydrogen) atoms. The number of nitrogens with zero attached hydrogens (tertiary/aromatic N) is 3. The quantitative estimate of drug-likeness (QED) is 0.498. The van der Waals surface area contributed by atoms with Gasteiger partial charge in [-0.2, -0.15) is 0 Å². The van der Waals surface area contributed by atoms with E-state index in [4.69, 9.17) is 9.73 Å². The highest BCUT2D eigenvalue weighted by Gasteiger charge is 2.24. The highest BCUT2D eigenvalue weighted by atomic mass is 16.6. The number of amides is 1. The largest absolute Gasteiger partial charge is 0.450 e. The van der Waals surface area contributed by atoms with Crippen molar-refractivity contribution in [3.63, 3.8) is 0 Å². The number of hydrogen-bond acceptors (Lipinski definition) is 4. The molecule has 178 valence electrons. The molecule has 2 saturated heterocycles. The van der Waals surface area contributed by atoms with Gasteiger partial charge < -0.3 is 20.3 Å². The average molecular weight is 444 g/mol. The standard InChI is InChI=1S/C25H41N5O2/c1-4-26-24(28-23-12-15-30(16-13-23)25(31)32-5-2)27-17-21-10-6-7-11-22(21)19-29-14-8-9-20(3)18-29/h6-7,10-11,20,23H,4-5,8-9,12-19H2,1-3H3,(H2,26,27,28). The van der Waals surface area contributed by atoms with Gasteiger partial charge in [-0.3, -0.25) is 4.90 Å². The summed E-state index contributed by atoms with van der Waals surface area (Å²) in [6.07, 6.45) is 4.23. The Balaban J connectivity index is 1.57. The van der Waals surface area contributed by atoms with E-state index in [0.29, 0.717) is 32.3 Å². The Morgan fingerprint density at radius 1 is 1.12 bits per heavy atom. The van der Waals surface area contributed by atoms with Crippen molar-refractivity contribution >= 4 is 12.1 Å². The average Bonchev–Trinajstić information content (AvgIpc) is 2.79. The predicted octanol–water partition coefficient (Wildman–Crippen LogP) is 3.59. The molecule has 7 heteroatoms. The van der Waals surface area contributed by atoms with E-state index in [-0.39, 0.29) is 6.09 Å². The minimum absolute atomic E-state index is 0.203. The molecule has 2 heterocycles. The second-order valence-corrected chi connectivity index (χ2v) is 9.05. The number of piperidine rings is 2. The van der Waals surface area contributed by atoms with Crippen LogP contribution in [0.4, 0.5) is 4.79 Å². The summed E-state index contributed by atoms with van der Waals surface area (Å²) in [5, 5.41) is 6.96. The molecule has 1 aromatic rings. The first-order valence-electron chi connectivity index (χ1n) is 12.3. The molecule has 3 rings (SSSR count).